The number of carbonyl (C=O) groups is 1. The SMILES string of the molecule is Cl.Cl.O.O=C1CC=NC2=C1NC=C1C=C(OCC(O)CN3CCN(C(c4ccccc4)c4ccccc4)CC3)CN12. The van der Waals surface area contributed by atoms with Crippen molar-refractivity contribution in [2.24, 2.45) is 4.99 Å². The summed E-state index contributed by atoms with van der Waals surface area (Å²) in [6.45, 7) is 4.95. The fraction of sp³-hybridized carbons (Fsp3) is 0.333. The van der Waals surface area contributed by atoms with Gasteiger partial charge in [-0.05, 0) is 11.1 Å². The molecule has 0 aliphatic carbocycles. The lowest BCUT2D eigenvalue weighted by Gasteiger charge is -2.40. The zero-order valence-corrected chi connectivity index (χ0v) is 24.3. The number of piperazine rings is 1. The van der Waals surface area contributed by atoms with Crippen molar-refractivity contribution in [1.82, 2.24) is 20.0 Å². The number of allylic oxidation sites excluding steroid dienone is 2. The third-order valence-electron chi connectivity index (χ3n) is 7.48. The van der Waals surface area contributed by atoms with Crippen molar-refractivity contribution in [2.45, 2.75) is 18.6 Å². The summed E-state index contributed by atoms with van der Waals surface area (Å²) in [6, 6.07) is 21.6. The number of Topliss-reactive ketones (excluding diaryl/α,β-unsaturated/α-hetero) is 1. The van der Waals surface area contributed by atoms with Crippen LogP contribution in [0.3, 0.4) is 0 Å². The summed E-state index contributed by atoms with van der Waals surface area (Å²) >= 11 is 0. The number of fused-ring (bicyclic) bond motifs is 2. The van der Waals surface area contributed by atoms with Crippen LogP contribution < -0.4 is 5.32 Å². The number of ether oxygens (including phenoxy) is 1. The summed E-state index contributed by atoms with van der Waals surface area (Å²) in [4.78, 5) is 23.4. The maximum Gasteiger partial charge on any atom is 0.188 e. The first kappa shape index (κ1) is 32.3. The Hall–Kier alpha value is -3.18. The van der Waals surface area contributed by atoms with Crippen molar-refractivity contribution in [3.8, 4) is 0 Å². The molecule has 4 aliphatic heterocycles. The maximum absolute atomic E-state index is 12.1. The Morgan fingerprint density at radius 1 is 0.951 bits per heavy atom. The average Bonchev–Trinajstić information content (AvgIpc) is 3.38. The van der Waals surface area contributed by atoms with E-state index in [0.717, 1.165) is 37.6 Å². The van der Waals surface area contributed by atoms with E-state index in [4.69, 9.17) is 4.74 Å². The second-order valence-electron chi connectivity index (χ2n) is 10.1. The predicted molar refractivity (Wildman–Crippen MR) is 164 cm³/mol. The van der Waals surface area contributed by atoms with E-state index in [0.29, 0.717) is 31.0 Å². The van der Waals surface area contributed by atoms with Gasteiger partial charge in [0.15, 0.2) is 11.6 Å². The zero-order chi connectivity index (χ0) is 25.9. The molecule has 2 aromatic rings. The lowest BCUT2D eigenvalue weighted by Crippen LogP contribution is -2.50. The fourth-order valence-electron chi connectivity index (χ4n) is 5.58. The second-order valence-corrected chi connectivity index (χ2v) is 10.1. The molecular weight excluding hydrogens is 565 g/mol. The van der Waals surface area contributed by atoms with E-state index in [1.165, 1.54) is 11.1 Å². The number of nitrogens with one attached hydrogen (secondary N) is 1. The summed E-state index contributed by atoms with van der Waals surface area (Å²) < 4.78 is 5.98. The normalized spacial score (nSPS) is 19.1. The van der Waals surface area contributed by atoms with Gasteiger partial charge in [0.1, 0.15) is 24.2 Å². The van der Waals surface area contributed by atoms with Gasteiger partial charge in [0.05, 0.1) is 18.3 Å². The highest BCUT2D eigenvalue weighted by Crippen LogP contribution is 2.32. The molecule has 0 amide bonds. The van der Waals surface area contributed by atoms with Crippen LogP contribution in [0, 0.1) is 0 Å². The third kappa shape index (κ3) is 7.19. The molecule has 11 heteroatoms. The summed E-state index contributed by atoms with van der Waals surface area (Å²) in [5.41, 5.74) is 4.05. The molecule has 1 fully saturated rings. The van der Waals surface area contributed by atoms with Crippen LogP contribution in [0.15, 0.2) is 101 Å². The summed E-state index contributed by atoms with van der Waals surface area (Å²) in [5, 5.41) is 13.8. The molecule has 0 spiro atoms. The number of halogens is 2. The molecule has 0 radical (unpaired) electrons. The van der Waals surface area contributed by atoms with E-state index in [1.54, 1.807) is 6.21 Å². The van der Waals surface area contributed by atoms with Crippen molar-refractivity contribution in [2.75, 3.05) is 45.9 Å². The summed E-state index contributed by atoms with van der Waals surface area (Å²) in [5.74, 6) is 1.43. The molecular formula is C30H37Cl2N5O4. The van der Waals surface area contributed by atoms with Gasteiger partial charge < -0.3 is 25.5 Å². The van der Waals surface area contributed by atoms with Gasteiger partial charge >= 0.3 is 0 Å². The van der Waals surface area contributed by atoms with E-state index < -0.39 is 6.10 Å². The van der Waals surface area contributed by atoms with Crippen molar-refractivity contribution in [3.63, 3.8) is 0 Å². The first-order chi connectivity index (χ1) is 18.7. The molecule has 2 aromatic carbocycles. The topological polar surface area (TPSA) is 112 Å². The number of benzene rings is 2. The quantitative estimate of drug-likeness (QED) is 0.478. The Bertz CT molecular complexity index is 1250. The van der Waals surface area contributed by atoms with Crippen molar-refractivity contribution in [1.29, 1.82) is 0 Å². The average molecular weight is 603 g/mol. The molecule has 0 aromatic heterocycles. The van der Waals surface area contributed by atoms with E-state index in [9.17, 15) is 9.90 Å². The zero-order valence-electron chi connectivity index (χ0n) is 22.7. The lowest BCUT2D eigenvalue weighted by molar-refractivity contribution is -0.115. The largest absolute Gasteiger partial charge is 0.493 e. The summed E-state index contributed by atoms with van der Waals surface area (Å²) in [6.07, 6.45) is 5.12. The van der Waals surface area contributed by atoms with Gasteiger partial charge in [0.2, 0.25) is 0 Å². The molecule has 1 saturated heterocycles. The number of aliphatic imine (C=N–C) groups is 1. The van der Waals surface area contributed by atoms with E-state index in [2.05, 4.69) is 80.8 Å². The summed E-state index contributed by atoms with van der Waals surface area (Å²) in [7, 11) is 0. The Morgan fingerprint density at radius 2 is 1.59 bits per heavy atom. The Balaban J connectivity index is 0.00000154. The lowest BCUT2D eigenvalue weighted by atomic mass is 9.96. The highest BCUT2D eigenvalue weighted by atomic mass is 35.5. The molecule has 6 rings (SSSR count). The molecule has 41 heavy (non-hydrogen) atoms. The second kappa shape index (κ2) is 14.6. The first-order valence-electron chi connectivity index (χ1n) is 13.3. The van der Waals surface area contributed by atoms with Gasteiger partial charge in [-0.2, -0.15) is 0 Å². The fourth-order valence-corrected chi connectivity index (χ4v) is 5.58. The van der Waals surface area contributed by atoms with Crippen LogP contribution in [0.5, 0.6) is 0 Å². The van der Waals surface area contributed by atoms with Gasteiger partial charge in [-0.1, -0.05) is 60.7 Å². The molecule has 220 valence electrons. The molecule has 0 saturated carbocycles. The van der Waals surface area contributed by atoms with Crippen LogP contribution in [-0.4, -0.2) is 89.3 Å². The predicted octanol–water partition coefficient (Wildman–Crippen LogP) is 2.65. The highest BCUT2D eigenvalue weighted by Gasteiger charge is 2.32. The van der Waals surface area contributed by atoms with Gasteiger partial charge in [-0.15, -0.1) is 24.8 Å². The van der Waals surface area contributed by atoms with Gasteiger partial charge in [0.25, 0.3) is 0 Å². The number of nitrogens with zero attached hydrogens (tertiary/aromatic N) is 4. The number of aliphatic hydroxyl groups is 1. The molecule has 1 unspecified atom stereocenters. The van der Waals surface area contributed by atoms with Crippen LogP contribution in [-0.2, 0) is 9.53 Å². The number of aliphatic hydroxyl groups excluding tert-OH is 1. The minimum atomic E-state index is -0.588. The smallest absolute Gasteiger partial charge is 0.188 e. The monoisotopic (exact) mass is 601 g/mol. The van der Waals surface area contributed by atoms with Crippen molar-refractivity contribution >= 4 is 36.8 Å². The van der Waals surface area contributed by atoms with Crippen molar-refractivity contribution < 1.29 is 20.1 Å². The minimum absolute atomic E-state index is 0. The number of hydrogen-bond donors (Lipinski definition) is 2. The molecule has 0 bridgehead atoms. The minimum Gasteiger partial charge on any atom is -0.493 e. The first-order valence-corrected chi connectivity index (χ1v) is 13.3. The Kier molecular flexibility index (Phi) is 11.5. The number of hydrogen-bond acceptors (Lipinski definition) is 8. The van der Waals surface area contributed by atoms with Crippen LogP contribution in [0.4, 0.5) is 0 Å². The van der Waals surface area contributed by atoms with Crippen molar-refractivity contribution in [3.05, 3.63) is 107 Å². The molecule has 4 aliphatic rings. The third-order valence-corrected chi connectivity index (χ3v) is 7.48. The number of rotatable bonds is 8. The molecule has 1 atom stereocenters. The van der Waals surface area contributed by atoms with Crippen LogP contribution >= 0.6 is 24.8 Å². The number of ketones is 1. The van der Waals surface area contributed by atoms with E-state index >= 15 is 0 Å². The molecule has 9 nitrogen and oxygen atoms in total. The Morgan fingerprint density at radius 3 is 2.22 bits per heavy atom. The maximum atomic E-state index is 12.1. The Labute approximate surface area is 253 Å². The van der Waals surface area contributed by atoms with Gasteiger partial charge in [-0.25, -0.2) is 4.99 Å². The number of β-amino-alcohol motifs (C(OH)–C–C–N with tert-alkyl or cyclic N) is 1. The van der Waals surface area contributed by atoms with Crippen LogP contribution in [0.1, 0.15) is 23.6 Å². The van der Waals surface area contributed by atoms with E-state index in [-0.39, 0.29) is 48.7 Å². The number of carbonyl (C=O) groups excluding carboxylic acids is 1. The van der Waals surface area contributed by atoms with Gasteiger partial charge in [0, 0.05) is 57.6 Å². The molecule has 4 N–H and O–H groups in total. The van der Waals surface area contributed by atoms with E-state index in [1.807, 2.05) is 17.2 Å². The van der Waals surface area contributed by atoms with Crippen LogP contribution in [0.25, 0.3) is 0 Å². The van der Waals surface area contributed by atoms with Crippen LogP contribution in [0.2, 0.25) is 0 Å². The standard InChI is InChI=1S/C30H33N5O3.2ClH.H2O/c36-25(21-38-26-17-24-18-32-28-27(37)11-12-31-30(28)35(24)20-26)19-33-13-15-34(16-14-33)29(22-7-3-1-4-8-22)23-9-5-2-6-10-23;;;/h1-10,12,17-18,25,29,32,36H,11,13-16,19-21H2;2*1H;1H2. The molecule has 4 heterocycles. The van der Waals surface area contributed by atoms with Gasteiger partial charge in [-0.3, -0.25) is 14.6 Å². The highest BCUT2D eigenvalue weighted by molar-refractivity contribution is 6.05.